The van der Waals surface area contributed by atoms with Gasteiger partial charge in [0.15, 0.2) is 23.0 Å². The Hall–Kier alpha value is -7.11. The second-order valence-electron chi connectivity index (χ2n) is 15.5. The summed E-state index contributed by atoms with van der Waals surface area (Å²) in [5.41, 5.74) is 13.8. The van der Waals surface area contributed by atoms with Crippen LogP contribution >= 0.6 is 0 Å². The summed E-state index contributed by atoms with van der Waals surface area (Å²) in [5.74, 6) is 1.72. The monoisotopic (exact) mass is 804 g/mol. The number of para-hydroxylation sites is 4. The van der Waals surface area contributed by atoms with Crippen LogP contribution in [0.5, 0.6) is 0 Å². The quantitative estimate of drug-likeness (QED) is 0.0954. The summed E-state index contributed by atoms with van der Waals surface area (Å²) in [7, 11) is 4.32. The Morgan fingerprint density at radius 1 is 0.667 bits per heavy atom. The molecule has 17 nitrogen and oxygen atoms in total. The normalized spacial score (nSPS) is 16.3. The minimum atomic E-state index is -0.594. The van der Waals surface area contributed by atoms with Crippen LogP contribution < -0.4 is 21.3 Å². The topological polar surface area (TPSA) is 191 Å². The summed E-state index contributed by atoms with van der Waals surface area (Å²) in [6, 6.07) is 27.9. The molecule has 0 spiro atoms. The molecule has 2 saturated heterocycles. The van der Waals surface area contributed by atoms with Crippen LogP contribution in [-0.4, -0.2) is 126 Å². The predicted octanol–water partition coefficient (Wildman–Crippen LogP) is 4.79. The second-order valence-corrected chi connectivity index (χ2v) is 15.5. The maximum Gasteiger partial charge on any atom is 0.439 e. The number of hydrogen-bond acceptors (Lipinski definition) is 13. The molecule has 4 N–H and O–H groups in total. The Balaban J connectivity index is 0.000000145. The highest BCUT2D eigenvalue weighted by atomic mass is 16.5. The summed E-state index contributed by atoms with van der Waals surface area (Å²) in [5, 5.41) is 18.2. The van der Waals surface area contributed by atoms with E-state index in [1.807, 2.05) is 69.5 Å². The van der Waals surface area contributed by atoms with Crippen molar-refractivity contribution in [3.05, 3.63) is 101 Å². The highest BCUT2D eigenvalue weighted by molar-refractivity contribution is 6.07. The first-order chi connectivity index (χ1) is 29.3. The summed E-state index contributed by atoms with van der Waals surface area (Å²) in [6.45, 7) is 8.09. The van der Waals surface area contributed by atoms with Gasteiger partial charge in [0, 0.05) is 50.0 Å². The number of fused-ring (bicyclic) bond motifs is 10. The van der Waals surface area contributed by atoms with Crippen LogP contribution in [0, 0.1) is 0 Å². The van der Waals surface area contributed by atoms with Crippen LogP contribution in [0.2, 0.25) is 0 Å². The third kappa shape index (κ3) is 6.66. The lowest BCUT2D eigenvalue weighted by atomic mass is 10.2. The minimum Gasteiger partial charge on any atom is -0.409 e. The highest BCUT2D eigenvalue weighted by Gasteiger charge is 2.21. The molecule has 0 unspecified atom stereocenters. The van der Waals surface area contributed by atoms with Gasteiger partial charge in [-0.05, 0) is 101 Å². The number of amidine groups is 1. The lowest BCUT2D eigenvalue weighted by Gasteiger charge is -2.22. The minimum absolute atomic E-state index is 0.0341. The molecule has 0 saturated carbocycles. The smallest absolute Gasteiger partial charge is 0.409 e. The Kier molecular flexibility index (Phi) is 9.45. The number of hydrogen-bond donors (Lipinski definition) is 3. The maximum absolute atomic E-state index is 11.6. The molecule has 0 radical (unpaired) electrons. The first-order valence-corrected chi connectivity index (χ1v) is 20.2. The van der Waals surface area contributed by atoms with Gasteiger partial charge in [-0.3, -0.25) is 18.3 Å². The molecule has 304 valence electrons. The third-order valence-corrected chi connectivity index (χ3v) is 11.6. The first kappa shape index (κ1) is 37.2. The van der Waals surface area contributed by atoms with Crippen LogP contribution in [-0.2, 0) is 0 Å². The summed E-state index contributed by atoms with van der Waals surface area (Å²) >= 11 is 0. The van der Waals surface area contributed by atoms with Gasteiger partial charge in [0.25, 0.3) is 0 Å². The molecule has 17 heteroatoms. The van der Waals surface area contributed by atoms with E-state index in [1.54, 1.807) is 0 Å². The van der Waals surface area contributed by atoms with Gasteiger partial charge in [-0.1, -0.05) is 34.6 Å². The average molecular weight is 805 g/mol. The molecule has 0 atom stereocenters. The Morgan fingerprint density at radius 2 is 1.22 bits per heavy atom. The summed E-state index contributed by atoms with van der Waals surface area (Å²) in [6.07, 6.45) is 2.22. The lowest BCUT2D eigenvalue weighted by molar-refractivity contribution is 0.318. The van der Waals surface area contributed by atoms with Crippen LogP contribution in [0.3, 0.4) is 0 Å². The van der Waals surface area contributed by atoms with E-state index in [0.717, 1.165) is 121 Å². The number of nitrogens with zero attached hydrogens (tertiary/aromatic N) is 12. The van der Waals surface area contributed by atoms with E-state index in [4.69, 9.17) is 30.2 Å². The molecule has 9 heterocycles. The van der Waals surface area contributed by atoms with Crippen molar-refractivity contribution in [3.8, 4) is 11.4 Å². The van der Waals surface area contributed by atoms with Gasteiger partial charge in [0.1, 0.15) is 22.9 Å². The number of aromatic amines is 1. The molecule has 7 aromatic heterocycles. The van der Waals surface area contributed by atoms with E-state index < -0.39 is 5.76 Å². The molecule has 2 aliphatic rings. The third-order valence-electron chi connectivity index (χ3n) is 11.6. The van der Waals surface area contributed by atoms with Gasteiger partial charge in [-0.15, -0.1) is 0 Å². The predicted molar refractivity (Wildman–Crippen MR) is 233 cm³/mol. The SMILES string of the molecule is CN1CCCN(c2ccc3cc(-c4noc(=O)[nH]4)c4nc5ccccc5n4c3n2)CC1.CN1CCCN(c2ccc3cc(C(N)=NO)c4nc5ccccc5n4c3n2)CC1. The molecule has 2 aliphatic heterocycles. The first-order valence-electron chi connectivity index (χ1n) is 20.2. The van der Waals surface area contributed by atoms with E-state index in [1.165, 1.54) is 0 Å². The van der Waals surface area contributed by atoms with Gasteiger partial charge >= 0.3 is 5.76 Å². The number of benzene rings is 2. The molecular formula is C43H44N14O3. The van der Waals surface area contributed by atoms with Crippen LogP contribution in [0.15, 0.2) is 99.4 Å². The lowest BCUT2D eigenvalue weighted by Crippen LogP contribution is -2.29. The fourth-order valence-corrected chi connectivity index (χ4v) is 8.43. The van der Waals surface area contributed by atoms with E-state index >= 15 is 0 Å². The molecule has 60 heavy (non-hydrogen) atoms. The van der Waals surface area contributed by atoms with Gasteiger partial charge in [-0.2, -0.15) is 0 Å². The van der Waals surface area contributed by atoms with Crippen molar-refractivity contribution in [2.24, 2.45) is 10.9 Å². The van der Waals surface area contributed by atoms with Crippen molar-refractivity contribution < 1.29 is 9.73 Å². The number of H-pyrrole nitrogens is 1. The largest absolute Gasteiger partial charge is 0.439 e. The molecule has 0 aliphatic carbocycles. The molecule has 2 aromatic carbocycles. The van der Waals surface area contributed by atoms with E-state index in [0.29, 0.717) is 28.2 Å². The fourth-order valence-electron chi connectivity index (χ4n) is 8.43. The van der Waals surface area contributed by atoms with E-state index in [2.05, 4.69) is 73.3 Å². The molecule has 0 amide bonds. The number of rotatable bonds is 4. The molecular weight excluding hydrogens is 761 g/mol. The number of anilines is 2. The maximum atomic E-state index is 11.6. The Bertz CT molecular complexity index is 3150. The molecule has 2 fully saturated rings. The van der Waals surface area contributed by atoms with Gasteiger partial charge < -0.3 is 30.5 Å². The number of aromatic nitrogens is 8. The van der Waals surface area contributed by atoms with Gasteiger partial charge in [0.2, 0.25) is 0 Å². The zero-order valence-electron chi connectivity index (χ0n) is 33.4. The van der Waals surface area contributed by atoms with Crippen LogP contribution in [0.25, 0.3) is 66.8 Å². The summed E-state index contributed by atoms with van der Waals surface area (Å²) < 4.78 is 8.80. The molecule has 0 bridgehead atoms. The zero-order chi connectivity index (χ0) is 40.9. The van der Waals surface area contributed by atoms with Crippen molar-refractivity contribution >= 4 is 72.9 Å². The number of oxime groups is 1. The second kappa shape index (κ2) is 15.2. The number of pyridine rings is 4. The van der Waals surface area contributed by atoms with Crippen molar-refractivity contribution in [1.29, 1.82) is 0 Å². The molecule has 11 rings (SSSR count). The Labute approximate surface area is 342 Å². The van der Waals surface area contributed by atoms with Crippen molar-refractivity contribution in [2.45, 2.75) is 12.8 Å². The van der Waals surface area contributed by atoms with E-state index in [-0.39, 0.29) is 5.84 Å². The van der Waals surface area contributed by atoms with Gasteiger partial charge in [-0.25, -0.2) is 24.7 Å². The van der Waals surface area contributed by atoms with Crippen molar-refractivity contribution in [3.63, 3.8) is 0 Å². The molecule has 9 aromatic rings. The van der Waals surface area contributed by atoms with Crippen molar-refractivity contribution in [2.75, 3.05) is 76.3 Å². The van der Waals surface area contributed by atoms with Crippen molar-refractivity contribution in [1.82, 2.24) is 48.7 Å². The fraction of sp³-hybridized carbons (Fsp3) is 0.279. The number of nitrogens with one attached hydrogen (secondary N) is 1. The van der Waals surface area contributed by atoms with E-state index in [9.17, 15) is 10.0 Å². The average Bonchev–Trinajstić information content (AvgIpc) is 3.90. The standard InChI is InChI=1S/C22H21N7O2.C21H23N7O/c1-27-9-4-10-28(12-11-27)18-8-7-14-13-15(19-25-22(30)31-26-19)21-23-16-5-2-3-6-17(16)29(21)20(14)24-18;1-26-9-4-10-27(12-11-26)18-8-7-14-13-15(19(22)25-29)21-23-16-5-2-3-6-17(16)28(21)20(14)24-18/h2-3,5-8,13H,4,9-12H2,1H3,(H,25,26,30);2-3,5-8,13,29H,4,9-12H2,1H3,(H2,22,25). The summed E-state index contributed by atoms with van der Waals surface area (Å²) in [4.78, 5) is 43.3. The number of imidazole rings is 2. The zero-order valence-corrected chi connectivity index (χ0v) is 33.4. The van der Waals surface area contributed by atoms with Crippen LogP contribution in [0.1, 0.15) is 18.4 Å². The van der Waals surface area contributed by atoms with Crippen LogP contribution in [0.4, 0.5) is 11.6 Å². The highest BCUT2D eigenvalue weighted by Crippen LogP contribution is 2.32. The Morgan fingerprint density at radius 3 is 1.78 bits per heavy atom. The number of likely N-dealkylation sites (N-methyl/N-ethyl adjacent to an activating group) is 2. The van der Waals surface area contributed by atoms with Gasteiger partial charge in [0.05, 0.1) is 33.2 Å². The number of nitrogens with two attached hydrogens (primary N) is 1.